The molecule has 1 fully saturated rings. The average molecular weight is 332 g/mol. The van der Waals surface area contributed by atoms with E-state index in [1.807, 2.05) is 17.5 Å². The SMILES string of the molecule is C=CCCC(=O)NCCn1nc(-c2cccs2)n(C2CC2)c1=O. The maximum atomic E-state index is 12.6. The topological polar surface area (TPSA) is 68.9 Å². The Morgan fingerprint density at radius 1 is 1.52 bits per heavy atom. The molecule has 0 aliphatic heterocycles. The summed E-state index contributed by atoms with van der Waals surface area (Å²) in [5.74, 6) is 0.712. The summed E-state index contributed by atoms with van der Waals surface area (Å²) in [5.41, 5.74) is -0.0868. The Bertz CT molecular complexity index is 741. The minimum atomic E-state index is -0.0868. The number of carbonyl (C=O) groups excluding carboxylic acids is 1. The molecule has 1 amide bonds. The highest BCUT2D eigenvalue weighted by Crippen LogP contribution is 2.37. The first-order valence-corrected chi connectivity index (χ1v) is 8.69. The number of amides is 1. The molecule has 2 aromatic rings. The number of hydrogen-bond acceptors (Lipinski definition) is 4. The van der Waals surface area contributed by atoms with E-state index in [-0.39, 0.29) is 17.6 Å². The molecular formula is C16H20N4O2S. The number of aromatic nitrogens is 3. The third-order valence-corrected chi connectivity index (χ3v) is 4.61. The number of nitrogens with zero attached hydrogens (tertiary/aromatic N) is 3. The first-order valence-electron chi connectivity index (χ1n) is 7.81. The Hall–Kier alpha value is -2.15. The van der Waals surface area contributed by atoms with E-state index < -0.39 is 0 Å². The van der Waals surface area contributed by atoms with E-state index in [9.17, 15) is 9.59 Å². The molecule has 0 aromatic carbocycles. The van der Waals surface area contributed by atoms with Crippen LogP contribution in [0.5, 0.6) is 0 Å². The predicted molar refractivity (Wildman–Crippen MR) is 90.5 cm³/mol. The van der Waals surface area contributed by atoms with Crippen LogP contribution in [0.15, 0.2) is 35.0 Å². The lowest BCUT2D eigenvalue weighted by molar-refractivity contribution is -0.121. The Balaban J connectivity index is 1.71. The first kappa shape index (κ1) is 15.7. The van der Waals surface area contributed by atoms with Gasteiger partial charge in [0.15, 0.2) is 5.82 Å². The zero-order chi connectivity index (χ0) is 16.2. The smallest absolute Gasteiger partial charge is 0.346 e. The maximum Gasteiger partial charge on any atom is 0.346 e. The van der Waals surface area contributed by atoms with E-state index in [1.54, 1.807) is 22.0 Å². The van der Waals surface area contributed by atoms with Crippen molar-refractivity contribution < 1.29 is 4.79 Å². The van der Waals surface area contributed by atoms with Crippen molar-refractivity contribution in [2.75, 3.05) is 6.54 Å². The Morgan fingerprint density at radius 2 is 2.35 bits per heavy atom. The first-order chi connectivity index (χ1) is 11.2. The third-order valence-electron chi connectivity index (χ3n) is 3.75. The molecule has 122 valence electrons. The number of thiophene rings is 1. The van der Waals surface area contributed by atoms with Crippen LogP contribution in [0, 0.1) is 0 Å². The van der Waals surface area contributed by atoms with Gasteiger partial charge in [0.25, 0.3) is 0 Å². The standard InChI is InChI=1S/C16H20N4O2S/c1-2-3-6-14(21)17-9-10-19-16(22)20(12-7-8-12)15(18-19)13-5-4-11-23-13/h2,4-5,11-12H,1,3,6-10H2,(H,17,21). The number of hydrogen-bond donors (Lipinski definition) is 1. The van der Waals surface area contributed by atoms with Crippen molar-refractivity contribution in [2.45, 2.75) is 38.3 Å². The highest BCUT2D eigenvalue weighted by atomic mass is 32.1. The van der Waals surface area contributed by atoms with Gasteiger partial charge in [-0.1, -0.05) is 12.1 Å². The van der Waals surface area contributed by atoms with Crippen molar-refractivity contribution in [3.63, 3.8) is 0 Å². The average Bonchev–Trinajstić information content (AvgIpc) is 3.12. The summed E-state index contributed by atoms with van der Waals surface area (Å²) in [6.07, 6.45) is 4.86. The number of nitrogens with one attached hydrogen (secondary N) is 1. The van der Waals surface area contributed by atoms with Gasteiger partial charge in [-0.25, -0.2) is 9.48 Å². The van der Waals surface area contributed by atoms with Crippen LogP contribution in [-0.2, 0) is 11.3 Å². The van der Waals surface area contributed by atoms with Crippen LogP contribution < -0.4 is 11.0 Å². The van der Waals surface area contributed by atoms with E-state index in [4.69, 9.17) is 0 Å². The van der Waals surface area contributed by atoms with Crippen molar-refractivity contribution >= 4 is 17.2 Å². The lowest BCUT2D eigenvalue weighted by Crippen LogP contribution is -2.32. The van der Waals surface area contributed by atoms with Crippen LogP contribution in [0.25, 0.3) is 10.7 Å². The van der Waals surface area contributed by atoms with Gasteiger partial charge in [0.1, 0.15) is 0 Å². The van der Waals surface area contributed by atoms with Gasteiger partial charge in [-0.3, -0.25) is 9.36 Å². The van der Waals surface area contributed by atoms with E-state index in [0.717, 1.165) is 23.5 Å². The summed E-state index contributed by atoms with van der Waals surface area (Å²) >= 11 is 1.58. The molecule has 1 aliphatic rings. The van der Waals surface area contributed by atoms with Gasteiger partial charge in [0, 0.05) is 19.0 Å². The molecule has 0 saturated heterocycles. The summed E-state index contributed by atoms with van der Waals surface area (Å²) in [4.78, 5) is 25.1. The van der Waals surface area contributed by atoms with Crippen molar-refractivity contribution in [1.29, 1.82) is 0 Å². The Morgan fingerprint density at radius 3 is 3.00 bits per heavy atom. The van der Waals surface area contributed by atoms with Crippen LogP contribution in [0.1, 0.15) is 31.7 Å². The highest BCUT2D eigenvalue weighted by Gasteiger charge is 2.30. The summed E-state index contributed by atoms with van der Waals surface area (Å²) < 4.78 is 3.26. The van der Waals surface area contributed by atoms with Crippen molar-refractivity contribution in [3.8, 4) is 10.7 Å². The normalized spacial score (nSPS) is 13.9. The fourth-order valence-corrected chi connectivity index (χ4v) is 3.13. The summed E-state index contributed by atoms with van der Waals surface area (Å²) in [5, 5.41) is 9.27. The second kappa shape index (κ2) is 6.95. The summed E-state index contributed by atoms with van der Waals surface area (Å²) in [7, 11) is 0. The van der Waals surface area contributed by atoms with Crippen LogP contribution >= 0.6 is 11.3 Å². The van der Waals surface area contributed by atoms with Crippen molar-refractivity contribution in [1.82, 2.24) is 19.7 Å². The largest absolute Gasteiger partial charge is 0.354 e. The van der Waals surface area contributed by atoms with Crippen LogP contribution in [0.2, 0.25) is 0 Å². The lowest BCUT2D eigenvalue weighted by atomic mass is 10.3. The van der Waals surface area contributed by atoms with Gasteiger partial charge in [0.2, 0.25) is 5.91 Å². The minimum absolute atomic E-state index is 0.0296. The van der Waals surface area contributed by atoms with Gasteiger partial charge in [-0.05, 0) is 30.7 Å². The molecule has 2 heterocycles. The highest BCUT2D eigenvalue weighted by molar-refractivity contribution is 7.13. The molecule has 2 aromatic heterocycles. The van der Waals surface area contributed by atoms with E-state index in [2.05, 4.69) is 17.0 Å². The third kappa shape index (κ3) is 3.61. The second-order valence-corrected chi connectivity index (χ2v) is 6.53. The van der Waals surface area contributed by atoms with Crippen molar-refractivity contribution in [3.05, 3.63) is 40.7 Å². The Labute approximate surface area is 138 Å². The molecule has 6 nitrogen and oxygen atoms in total. The number of allylic oxidation sites excluding steroid dienone is 1. The minimum Gasteiger partial charge on any atom is -0.354 e. The van der Waals surface area contributed by atoms with Crippen LogP contribution in [-0.4, -0.2) is 26.8 Å². The molecule has 23 heavy (non-hydrogen) atoms. The molecule has 1 aliphatic carbocycles. The molecule has 0 atom stereocenters. The molecule has 0 radical (unpaired) electrons. The van der Waals surface area contributed by atoms with Crippen LogP contribution in [0.4, 0.5) is 0 Å². The molecular weight excluding hydrogens is 312 g/mol. The van der Waals surface area contributed by atoms with Gasteiger partial charge in [-0.2, -0.15) is 0 Å². The predicted octanol–water partition coefficient (Wildman–Crippen LogP) is 2.19. The van der Waals surface area contributed by atoms with Gasteiger partial charge in [0.05, 0.1) is 11.4 Å². The monoisotopic (exact) mass is 332 g/mol. The van der Waals surface area contributed by atoms with E-state index in [1.165, 1.54) is 4.68 Å². The van der Waals surface area contributed by atoms with E-state index >= 15 is 0 Å². The number of rotatable bonds is 8. The van der Waals surface area contributed by atoms with Crippen molar-refractivity contribution in [2.24, 2.45) is 0 Å². The quantitative estimate of drug-likeness (QED) is 0.754. The fraction of sp³-hybridized carbons (Fsp3) is 0.438. The molecule has 1 N–H and O–H groups in total. The molecule has 1 saturated carbocycles. The number of carbonyl (C=O) groups is 1. The zero-order valence-electron chi connectivity index (χ0n) is 12.9. The second-order valence-electron chi connectivity index (χ2n) is 5.59. The Kier molecular flexibility index (Phi) is 4.76. The maximum absolute atomic E-state index is 12.6. The molecule has 7 heteroatoms. The molecule has 0 bridgehead atoms. The van der Waals surface area contributed by atoms with Crippen LogP contribution in [0.3, 0.4) is 0 Å². The molecule has 0 spiro atoms. The fourth-order valence-electron chi connectivity index (χ4n) is 2.42. The van der Waals surface area contributed by atoms with Gasteiger partial charge in [-0.15, -0.1) is 23.0 Å². The lowest BCUT2D eigenvalue weighted by Gasteiger charge is -2.03. The van der Waals surface area contributed by atoms with Gasteiger partial charge < -0.3 is 5.32 Å². The van der Waals surface area contributed by atoms with E-state index in [0.29, 0.717) is 25.9 Å². The molecule has 0 unspecified atom stereocenters. The summed E-state index contributed by atoms with van der Waals surface area (Å²) in [6, 6.07) is 4.21. The molecule has 3 rings (SSSR count). The summed E-state index contributed by atoms with van der Waals surface area (Å²) in [6.45, 7) is 4.38. The zero-order valence-corrected chi connectivity index (χ0v) is 13.7. The van der Waals surface area contributed by atoms with Gasteiger partial charge >= 0.3 is 5.69 Å².